The highest BCUT2D eigenvalue weighted by atomic mass is 127. The van der Waals surface area contributed by atoms with Gasteiger partial charge in [0, 0.05) is 45.6 Å². The first-order valence-electron chi connectivity index (χ1n) is 8.46. The molecule has 132 valence electrons. The largest absolute Gasteiger partial charge is 0.357 e. The molecule has 2 rings (SSSR count). The van der Waals surface area contributed by atoms with Crippen LogP contribution in [-0.2, 0) is 13.6 Å². The first-order chi connectivity index (χ1) is 10.6. The van der Waals surface area contributed by atoms with Crippen LogP contribution in [0.15, 0.2) is 23.3 Å². The summed E-state index contributed by atoms with van der Waals surface area (Å²) in [7, 11) is 4.20. The zero-order chi connectivity index (χ0) is 15.9. The van der Waals surface area contributed by atoms with Gasteiger partial charge in [-0.25, -0.2) is 0 Å². The van der Waals surface area contributed by atoms with Crippen LogP contribution < -0.4 is 5.32 Å². The number of nitrogens with zero attached hydrogens (tertiary/aromatic N) is 4. The van der Waals surface area contributed by atoms with Crippen molar-refractivity contribution in [2.24, 2.45) is 18.0 Å². The molecule has 1 saturated heterocycles. The van der Waals surface area contributed by atoms with E-state index in [1.807, 2.05) is 0 Å². The first kappa shape index (κ1) is 20.3. The number of aliphatic imine (C=N–C) groups is 1. The lowest BCUT2D eigenvalue weighted by atomic mass is 10.1. The molecule has 1 unspecified atom stereocenters. The predicted molar refractivity (Wildman–Crippen MR) is 108 cm³/mol. The Labute approximate surface area is 158 Å². The van der Waals surface area contributed by atoms with Gasteiger partial charge in [-0.2, -0.15) is 0 Å². The van der Waals surface area contributed by atoms with E-state index in [1.165, 1.54) is 25.2 Å². The second-order valence-electron chi connectivity index (χ2n) is 6.21. The molecule has 1 aromatic heterocycles. The number of aromatic nitrogens is 1. The van der Waals surface area contributed by atoms with E-state index in [0.717, 1.165) is 32.1 Å². The highest BCUT2D eigenvalue weighted by Gasteiger charge is 2.21. The lowest BCUT2D eigenvalue weighted by Gasteiger charge is -2.23. The summed E-state index contributed by atoms with van der Waals surface area (Å²) in [6.07, 6.45) is 3.36. The average Bonchev–Trinajstić information content (AvgIpc) is 3.13. The predicted octanol–water partition coefficient (Wildman–Crippen LogP) is 2.38. The molecule has 1 N–H and O–H groups in total. The number of hydrogen-bond acceptors (Lipinski definition) is 2. The number of guanidine groups is 1. The van der Waals surface area contributed by atoms with Crippen molar-refractivity contribution in [2.75, 3.05) is 39.8 Å². The minimum atomic E-state index is 0. The Morgan fingerprint density at radius 3 is 2.78 bits per heavy atom. The van der Waals surface area contributed by atoms with Crippen LogP contribution in [0.4, 0.5) is 0 Å². The monoisotopic (exact) mass is 433 g/mol. The molecule has 6 heteroatoms. The molecule has 0 radical (unpaired) electrons. The molecule has 0 saturated carbocycles. The van der Waals surface area contributed by atoms with Gasteiger partial charge in [0.1, 0.15) is 0 Å². The summed E-state index contributed by atoms with van der Waals surface area (Å²) >= 11 is 0. The second kappa shape index (κ2) is 10.2. The Bertz CT molecular complexity index is 485. The van der Waals surface area contributed by atoms with Crippen LogP contribution in [-0.4, -0.2) is 60.1 Å². The van der Waals surface area contributed by atoms with Gasteiger partial charge >= 0.3 is 0 Å². The Balaban J connectivity index is 0.00000264. The minimum absolute atomic E-state index is 0. The van der Waals surface area contributed by atoms with Crippen molar-refractivity contribution >= 4 is 29.9 Å². The van der Waals surface area contributed by atoms with E-state index in [1.54, 1.807) is 0 Å². The van der Waals surface area contributed by atoms with E-state index in [9.17, 15) is 0 Å². The fraction of sp³-hybridized carbons (Fsp3) is 0.706. The molecular weight excluding hydrogens is 401 g/mol. The van der Waals surface area contributed by atoms with Gasteiger partial charge in [0.2, 0.25) is 0 Å². The lowest BCUT2D eigenvalue weighted by molar-refractivity contribution is 0.343. The van der Waals surface area contributed by atoms with E-state index < -0.39 is 0 Å². The van der Waals surface area contributed by atoms with Crippen molar-refractivity contribution in [3.8, 4) is 0 Å². The summed E-state index contributed by atoms with van der Waals surface area (Å²) in [6.45, 7) is 10.7. The molecule has 1 aromatic rings. The van der Waals surface area contributed by atoms with Crippen molar-refractivity contribution in [1.82, 2.24) is 19.7 Å². The number of hydrogen-bond donors (Lipinski definition) is 1. The molecule has 0 amide bonds. The maximum absolute atomic E-state index is 4.87. The molecular formula is C17H32IN5. The summed E-state index contributed by atoms with van der Waals surface area (Å²) in [5.74, 6) is 1.72. The SMILES string of the molecule is CCNC(=NCC1CCN(CC)C1)N(C)Cc1cccn1C.I. The van der Waals surface area contributed by atoms with Gasteiger partial charge in [0.25, 0.3) is 0 Å². The van der Waals surface area contributed by atoms with Gasteiger partial charge in [-0.3, -0.25) is 4.99 Å². The fourth-order valence-electron chi connectivity index (χ4n) is 3.01. The number of likely N-dealkylation sites (tertiary alicyclic amines) is 1. The number of rotatable bonds is 6. The number of aryl methyl sites for hydroxylation is 1. The van der Waals surface area contributed by atoms with Crippen LogP contribution in [0.3, 0.4) is 0 Å². The van der Waals surface area contributed by atoms with Crippen molar-refractivity contribution in [2.45, 2.75) is 26.8 Å². The van der Waals surface area contributed by atoms with Gasteiger partial charge < -0.3 is 19.7 Å². The summed E-state index contributed by atoms with van der Waals surface area (Å²) in [5.41, 5.74) is 1.30. The standard InChI is InChI=1S/C17H31N5.HI/c1-5-18-17(19-12-15-9-11-22(6-2)13-15)21(4)14-16-8-7-10-20(16)3;/h7-8,10,15H,5-6,9,11-14H2,1-4H3,(H,18,19);1H. The molecule has 1 atom stereocenters. The summed E-state index contributed by atoms with van der Waals surface area (Å²) in [4.78, 5) is 9.60. The van der Waals surface area contributed by atoms with Crippen LogP contribution in [0.2, 0.25) is 0 Å². The Hall–Kier alpha value is -0.760. The molecule has 23 heavy (non-hydrogen) atoms. The lowest BCUT2D eigenvalue weighted by Crippen LogP contribution is -2.39. The van der Waals surface area contributed by atoms with Crippen molar-refractivity contribution < 1.29 is 0 Å². The molecule has 0 aliphatic carbocycles. The molecule has 0 aromatic carbocycles. The molecule has 1 aliphatic heterocycles. The van der Waals surface area contributed by atoms with E-state index in [4.69, 9.17) is 4.99 Å². The normalized spacial score (nSPS) is 18.8. The third kappa shape index (κ3) is 5.99. The molecule has 2 heterocycles. The van der Waals surface area contributed by atoms with E-state index in [0.29, 0.717) is 5.92 Å². The number of halogens is 1. The zero-order valence-electron chi connectivity index (χ0n) is 15.0. The summed E-state index contributed by atoms with van der Waals surface area (Å²) in [6, 6.07) is 4.25. The van der Waals surface area contributed by atoms with Crippen LogP contribution >= 0.6 is 24.0 Å². The maximum Gasteiger partial charge on any atom is 0.194 e. The van der Waals surface area contributed by atoms with Gasteiger partial charge in [-0.1, -0.05) is 6.92 Å². The van der Waals surface area contributed by atoms with Crippen molar-refractivity contribution in [3.63, 3.8) is 0 Å². The van der Waals surface area contributed by atoms with Gasteiger partial charge in [0.05, 0.1) is 6.54 Å². The van der Waals surface area contributed by atoms with Crippen LogP contribution in [0, 0.1) is 5.92 Å². The summed E-state index contributed by atoms with van der Waals surface area (Å²) in [5, 5.41) is 3.42. The van der Waals surface area contributed by atoms with Crippen LogP contribution in [0.5, 0.6) is 0 Å². The van der Waals surface area contributed by atoms with Crippen LogP contribution in [0.25, 0.3) is 0 Å². The van der Waals surface area contributed by atoms with Crippen molar-refractivity contribution in [1.29, 1.82) is 0 Å². The molecule has 1 aliphatic rings. The van der Waals surface area contributed by atoms with Crippen LogP contribution in [0.1, 0.15) is 26.0 Å². The Morgan fingerprint density at radius 2 is 2.22 bits per heavy atom. The summed E-state index contributed by atoms with van der Waals surface area (Å²) < 4.78 is 2.16. The highest BCUT2D eigenvalue weighted by Crippen LogP contribution is 2.16. The Kier molecular flexibility index (Phi) is 8.98. The molecule has 0 bridgehead atoms. The quantitative estimate of drug-likeness (QED) is 0.425. The van der Waals surface area contributed by atoms with E-state index in [2.05, 4.69) is 66.0 Å². The zero-order valence-corrected chi connectivity index (χ0v) is 17.3. The van der Waals surface area contributed by atoms with E-state index in [-0.39, 0.29) is 24.0 Å². The van der Waals surface area contributed by atoms with Gasteiger partial charge in [0.15, 0.2) is 5.96 Å². The molecule has 1 fully saturated rings. The smallest absolute Gasteiger partial charge is 0.194 e. The molecule has 5 nitrogen and oxygen atoms in total. The van der Waals surface area contributed by atoms with Crippen molar-refractivity contribution in [3.05, 3.63) is 24.0 Å². The molecule has 0 spiro atoms. The fourth-order valence-corrected chi connectivity index (χ4v) is 3.01. The third-order valence-corrected chi connectivity index (χ3v) is 4.46. The minimum Gasteiger partial charge on any atom is -0.357 e. The van der Waals surface area contributed by atoms with Gasteiger partial charge in [-0.05, 0) is 44.5 Å². The average molecular weight is 433 g/mol. The first-order valence-corrected chi connectivity index (χ1v) is 8.46. The second-order valence-corrected chi connectivity index (χ2v) is 6.21. The highest BCUT2D eigenvalue weighted by molar-refractivity contribution is 14.0. The Morgan fingerprint density at radius 1 is 1.43 bits per heavy atom. The number of nitrogens with one attached hydrogen (secondary N) is 1. The topological polar surface area (TPSA) is 35.8 Å². The third-order valence-electron chi connectivity index (χ3n) is 4.46. The maximum atomic E-state index is 4.87. The van der Waals surface area contributed by atoms with E-state index >= 15 is 0 Å². The van der Waals surface area contributed by atoms with Gasteiger partial charge in [-0.15, -0.1) is 24.0 Å².